The number of hydrogen-bond acceptors (Lipinski definition) is 4. The Labute approximate surface area is 99.4 Å². The summed E-state index contributed by atoms with van der Waals surface area (Å²) in [6.45, 7) is 4.23. The van der Waals surface area contributed by atoms with Crippen LogP contribution in [0.2, 0.25) is 0 Å². The molecule has 0 fully saturated rings. The minimum atomic E-state index is -2.42. The Morgan fingerprint density at radius 1 is 1.35 bits per heavy atom. The maximum Gasteiger partial charge on any atom is 0.261 e. The summed E-state index contributed by atoms with van der Waals surface area (Å²) < 4.78 is 28.3. The molecule has 1 rings (SSSR count). The average Bonchev–Trinajstić information content (AvgIpc) is 2.28. The van der Waals surface area contributed by atoms with Gasteiger partial charge < -0.3 is 10.1 Å². The zero-order valence-electron chi connectivity index (χ0n) is 9.99. The normalized spacial score (nSPS) is 11.2. The Morgan fingerprint density at radius 3 is 2.76 bits per heavy atom. The third-order valence-electron chi connectivity index (χ3n) is 2.08. The Bertz CT molecular complexity index is 334. The van der Waals surface area contributed by atoms with Crippen LogP contribution in [0.1, 0.15) is 25.5 Å². The van der Waals surface area contributed by atoms with Crippen LogP contribution in [0.4, 0.5) is 14.6 Å². The predicted octanol–water partition coefficient (Wildman–Crippen LogP) is 2.29. The highest BCUT2D eigenvalue weighted by Gasteiger charge is 2.03. The van der Waals surface area contributed by atoms with Crippen LogP contribution >= 0.6 is 0 Å². The lowest BCUT2D eigenvalue weighted by Crippen LogP contribution is -2.14. The van der Waals surface area contributed by atoms with Crippen LogP contribution in [0.25, 0.3) is 0 Å². The molecule has 1 aromatic rings. The lowest BCUT2D eigenvalue weighted by atomic mass is 10.1. The number of alkyl halides is 2. The van der Waals surface area contributed by atoms with E-state index >= 15 is 0 Å². The molecule has 0 atom stereocenters. The Hall–Kier alpha value is -1.30. The molecule has 0 bridgehead atoms. The van der Waals surface area contributed by atoms with Gasteiger partial charge in [0.15, 0.2) is 0 Å². The van der Waals surface area contributed by atoms with Crippen LogP contribution < -0.4 is 5.32 Å². The van der Waals surface area contributed by atoms with Gasteiger partial charge in [-0.1, -0.05) is 13.8 Å². The monoisotopic (exact) mass is 245 g/mol. The second kappa shape index (κ2) is 7.11. The average molecular weight is 245 g/mol. The van der Waals surface area contributed by atoms with Crippen molar-refractivity contribution in [3.05, 3.63) is 18.1 Å². The molecular weight excluding hydrogens is 228 g/mol. The van der Waals surface area contributed by atoms with E-state index in [1.807, 2.05) is 19.9 Å². The van der Waals surface area contributed by atoms with Gasteiger partial charge in [0, 0.05) is 18.3 Å². The van der Waals surface area contributed by atoms with Crippen LogP contribution in [0.5, 0.6) is 0 Å². The molecule has 0 radical (unpaired) electrons. The summed E-state index contributed by atoms with van der Waals surface area (Å²) in [7, 11) is 0. The van der Waals surface area contributed by atoms with Crippen molar-refractivity contribution in [2.45, 2.75) is 26.2 Å². The Balaban J connectivity index is 2.29. The third kappa shape index (κ3) is 5.53. The number of hydrogen-bond donors (Lipinski definition) is 1. The van der Waals surface area contributed by atoms with Crippen LogP contribution in [-0.2, 0) is 4.74 Å². The first-order chi connectivity index (χ1) is 8.09. The third-order valence-corrected chi connectivity index (χ3v) is 2.08. The molecule has 0 aliphatic heterocycles. The smallest absolute Gasteiger partial charge is 0.261 e. The topological polar surface area (TPSA) is 47.0 Å². The van der Waals surface area contributed by atoms with E-state index in [0.29, 0.717) is 18.3 Å². The number of nitrogens with one attached hydrogen (secondary N) is 1. The van der Waals surface area contributed by atoms with Gasteiger partial charge in [-0.2, -0.15) is 0 Å². The van der Waals surface area contributed by atoms with Gasteiger partial charge in [0.1, 0.15) is 18.8 Å². The minimum absolute atomic E-state index is 0.228. The minimum Gasteiger partial charge on any atom is -0.374 e. The number of nitrogens with zero attached hydrogens (tertiary/aromatic N) is 2. The molecule has 0 aliphatic carbocycles. The zero-order chi connectivity index (χ0) is 12.7. The molecule has 17 heavy (non-hydrogen) atoms. The standard InChI is InChI=1S/C11H17F2N3O/c1-8(2)9-5-11(16-7-15-9)14-3-4-17-6-10(12)13/h5,7-8,10H,3-4,6H2,1-2H3,(H,14,15,16). The fraction of sp³-hybridized carbons (Fsp3) is 0.636. The largest absolute Gasteiger partial charge is 0.374 e. The molecule has 0 aromatic carbocycles. The molecular formula is C11H17F2N3O. The summed E-state index contributed by atoms with van der Waals surface area (Å²) in [5.41, 5.74) is 0.941. The fourth-order valence-electron chi connectivity index (χ4n) is 1.21. The SMILES string of the molecule is CC(C)c1cc(NCCOCC(F)F)ncn1. The molecule has 1 N–H and O–H groups in total. The summed E-state index contributed by atoms with van der Waals surface area (Å²) in [5, 5.41) is 2.99. The van der Waals surface area contributed by atoms with Crippen molar-refractivity contribution in [2.24, 2.45) is 0 Å². The van der Waals surface area contributed by atoms with E-state index < -0.39 is 13.0 Å². The maximum atomic E-state index is 11.8. The highest BCUT2D eigenvalue weighted by molar-refractivity contribution is 5.35. The number of rotatable bonds is 7. The van der Waals surface area contributed by atoms with Crippen molar-refractivity contribution in [2.75, 3.05) is 25.1 Å². The molecule has 0 amide bonds. The Morgan fingerprint density at radius 2 is 2.12 bits per heavy atom. The lowest BCUT2D eigenvalue weighted by molar-refractivity contribution is 0.0215. The molecule has 1 heterocycles. The first-order valence-corrected chi connectivity index (χ1v) is 5.51. The molecule has 0 spiro atoms. The fourth-order valence-corrected chi connectivity index (χ4v) is 1.21. The summed E-state index contributed by atoms with van der Waals surface area (Å²) >= 11 is 0. The van der Waals surface area contributed by atoms with Crippen LogP contribution in [-0.4, -0.2) is 36.2 Å². The van der Waals surface area contributed by atoms with Gasteiger partial charge in [-0.25, -0.2) is 18.7 Å². The first-order valence-electron chi connectivity index (χ1n) is 5.51. The van der Waals surface area contributed by atoms with Gasteiger partial charge in [0.2, 0.25) is 0 Å². The van der Waals surface area contributed by atoms with E-state index in [-0.39, 0.29) is 6.61 Å². The van der Waals surface area contributed by atoms with Crippen LogP contribution in [0.3, 0.4) is 0 Å². The molecule has 1 aromatic heterocycles. The van der Waals surface area contributed by atoms with Gasteiger partial charge in [-0.15, -0.1) is 0 Å². The van der Waals surface area contributed by atoms with Crippen molar-refractivity contribution in [3.8, 4) is 0 Å². The molecule has 0 saturated carbocycles. The van der Waals surface area contributed by atoms with E-state index in [2.05, 4.69) is 15.3 Å². The van der Waals surface area contributed by atoms with Crippen molar-refractivity contribution >= 4 is 5.82 Å². The maximum absolute atomic E-state index is 11.8. The molecule has 0 unspecified atom stereocenters. The van der Waals surface area contributed by atoms with Gasteiger partial charge in [0.05, 0.1) is 6.61 Å². The number of halogens is 2. The summed E-state index contributed by atoms with van der Waals surface area (Å²) in [6, 6.07) is 1.85. The Kier molecular flexibility index (Phi) is 5.76. The van der Waals surface area contributed by atoms with Crippen LogP contribution in [0, 0.1) is 0 Å². The van der Waals surface area contributed by atoms with Gasteiger partial charge in [-0.3, -0.25) is 0 Å². The van der Waals surface area contributed by atoms with Gasteiger partial charge in [0.25, 0.3) is 6.43 Å². The molecule has 6 heteroatoms. The van der Waals surface area contributed by atoms with E-state index in [1.54, 1.807) is 0 Å². The second-order valence-corrected chi connectivity index (χ2v) is 3.88. The quantitative estimate of drug-likeness (QED) is 0.749. The number of aromatic nitrogens is 2. The highest BCUT2D eigenvalue weighted by atomic mass is 19.3. The van der Waals surface area contributed by atoms with E-state index in [0.717, 1.165) is 5.69 Å². The first kappa shape index (κ1) is 13.8. The van der Waals surface area contributed by atoms with Crippen molar-refractivity contribution in [3.63, 3.8) is 0 Å². The van der Waals surface area contributed by atoms with Crippen molar-refractivity contribution in [1.82, 2.24) is 9.97 Å². The van der Waals surface area contributed by atoms with Crippen molar-refractivity contribution < 1.29 is 13.5 Å². The van der Waals surface area contributed by atoms with E-state index in [1.165, 1.54) is 6.33 Å². The molecule has 4 nitrogen and oxygen atoms in total. The van der Waals surface area contributed by atoms with Crippen molar-refractivity contribution in [1.29, 1.82) is 0 Å². The number of ether oxygens (including phenoxy) is 1. The zero-order valence-corrected chi connectivity index (χ0v) is 9.99. The number of anilines is 1. The molecule has 0 aliphatic rings. The predicted molar refractivity (Wildman–Crippen MR) is 61.4 cm³/mol. The highest BCUT2D eigenvalue weighted by Crippen LogP contribution is 2.13. The summed E-state index contributed by atoms with van der Waals surface area (Å²) in [6.07, 6.45) is -0.931. The van der Waals surface area contributed by atoms with E-state index in [4.69, 9.17) is 4.74 Å². The van der Waals surface area contributed by atoms with Gasteiger partial charge in [-0.05, 0) is 5.92 Å². The molecule has 96 valence electrons. The van der Waals surface area contributed by atoms with Gasteiger partial charge >= 0.3 is 0 Å². The summed E-state index contributed by atoms with van der Waals surface area (Å²) in [5.74, 6) is 1.01. The lowest BCUT2D eigenvalue weighted by Gasteiger charge is -2.08. The van der Waals surface area contributed by atoms with E-state index in [9.17, 15) is 8.78 Å². The second-order valence-electron chi connectivity index (χ2n) is 3.88. The molecule has 0 saturated heterocycles. The summed E-state index contributed by atoms with van der Waals surface area (Å²) in [4.78, 5) is 8.15. The van der Waals surface area contributed by atoms with Crippen LogP contribution in [0.15, 0.2) is 12.4 Å².